The summed E-state index contributed by atoms with van der Waals surface area (Å²) in [6.45, 7) is 14.0. The molecular weight excluding hydrogens is 536 g/mol. The van der Waals surface area contributed by atoms with Crippen molar-refractivity contribution in [2.75, 3.05) is 13.2 Å². The highest BCUT2D eigenvalue weighted by atomic mass is 28.3. The molecule has 0 fully saturated rings. The minimum absolute atomic E-state index is 0.115. The van der Waals surface area contributed by atoms with Gasteiger partial charge in [-0.05, 0) is 42.8 Å². The topological polar surface area (TPSA) is 76.1 Å². The molecule has 0 aliphatic carbocycles. The summed E-state index contributed by atoms with van der Waals surface area (Å²) in [6, 6.07) is 9.48. The normalized spacial score (nSPS) is 12.9. The van der Waals surface area contributed by atoms with Gasteiger partial charge < -0.3 is 9.47 Å². The Balaban J connectivity index is 1.72. The average Bonchev–Trinajstić information content (AvgIpc) is 3.34. The Morgan fingerprint density at radius 1 is 0.923 bits per heavy atom. The van der Waals surface area contributed by atoms with Gasteiger partial charge in [0, 0.05) is 46.0 Å². The second-order valence-electron chi connectivity index (χ2n) is 12.4. The van der Waals surface area contributed by atoms with Crippen molar-refractivity contribution in [2.24, 2.45) is 0 Å². The number of aromatic nitrogens is 5. The van der Waals surface area contributed by atoms with E-state index in [1.807, 2.05) is 24.3 Å². The smallest absolute Gasteiger partial charge is 0.334 e. The Labute approximate surface area is 229 Å². The molecule has 0 saturated heterocycles. The van der Waals surface area contributed by atoms with E-state index in [1.54, 1.807) is 16.1 Å². The van der Waals surface area contributed by atoms with Gasteiger partial charge in [-0.15, -0.1) is 0 Å². The molecule has 3 aromatic heterocycles. The van der Waals surface area contributed by atoms with E-state index in [9.17, 15) is 13.6 Å². The lowest BCUT2D eigenvalue weighted by molar-refractivity contribution is 0.0545. The molecular formula is C27H39F2N5O3Si2. The van der Waals surface area contributed by atoms with E-state index in [0.717, 1.165) is 23.0 Å². The zero-order valence-corrected chi connectivity index (χ0v) is 25.9. The molecule has 8 nitrogen and oxygen atoms in total. The molecule has 0 bridgehead atoms. The number of alkyl halides is 2. The number of ether oxygens (including phenoxy) is 2. The third kappa shape index (κ3) is 6.91. The predicted octanol–water partition coefficient (Wildman–Crippen LogP) is 6.54. The molecule has 4 rings (SSSR count). The van der Waals surface area contributed by atoms with E-state index < -0.39 is 22.7 Å². The van der Waals surface area contributed by atoms with Crippen molar-refractivity contribution >= 4 is 38.2 Å². The molecule has 4 aromatic rings. The van der Waals surface area contributed by atoms with E-state index in [-0.39, 0.29) is 19.2 Å². The van der Waals surface area contributed by atoms with Crippen LogP contribution in [-0.4, -0.2) is 53.3 Å². The van der Waals surface area contributed by atoms with Gasteiger partial charge in [-0.2, -0.15) is 13.9 Å². The Bertz CT molecular complexity index is 1520. The average molecular weight is 576 g/mol. The Hall–Kier alpha value is -2.68. The van der Waals surface area contributed by atoms with Crippen molar-refractivity contribution in [1.82, 2.24) is 23.9 Å². The van der Waals surface area contributed by atoms with Gasteiger partial charge in [-0.25, -0.2) is 14.5 Å². The second kappa shape index (κ2) is 11.4. The molecule has 0 aliphatic rings. The lowest BCUT2D eigenvalue weighted by Gasteiger charge is -2.15. The van der Waals surface area contributed by atoms with E-state index in [0.29, 0.717) is 45.8 Å². The van der Waals surface area contributed by atoms with Gasteiger partial charge in [0.25, 0.3) is 0 Å². The Morgan fingerprint density at radius 2 is 1.54 bits per heavy atom. The molecule has 0 saturated carbocycles. The number of benzene rings is 1. The summed E-state index contributed by atoms with van der Waals surface area (Å²) in [5.41, 5.74) is 3.39. The number of hydrogen-bond acceptors (Lipinski definition) is 5. The lowest BCUT2D eigenvalue weighted by atomic mass is 10.0. The first kappa shape index (κ1) is 29.3. The van der Waals surface area contributed by atoms with E-state index in [4.69, 9.17) is 14.5 Å². The van der Waals surface area contributed by atoms with Crippen LogP contribution in [0.4, 0.5) is 8.78 Å². The molecule has 0 N–H and O–H groups in total. The summed E-state index contributed by atoms with van der Waals surface area (Å²) >= 11 is 0. The first-order valence-electron chi connectivity index (χ1n) is 13.3. The van der Waals surface area contributed by atoms with Gasteiger partial charge in [0.15, 0.2) is 5.65 Å². The molecule has 0 spiro atoms. The monoisotopic (exact) mass is 575 g/mol. The standard InChI is InChI=1S/C27H39F2N5O3Si2/c1-19-22(16-30-34(19)26(28)29)20-8-9-23-21(14-20)15-24-25(31-23)33(18-37-11-13-39(5,6)7)27(35)32(24)17-36-10-12-38(2,3)4/h8-9,14-16,26H,10-13,17-18H2,1-7H3. The van der Waals surface area contributed by atoms with Crippen molar-refractivity contribution in [3.63, 3.8) is 0 Å². The SMILES string of the molecule is Cc1c(-c2ccc3nc4c(cc3c2)n(COCC[Si](C)(C)C)c(=O)n4COCC[Si](C)(C)C)cnn1C(F)F. The highest BCUT2D eigenvalue weighted by Gasteiger charge is 2.20. The van der Waals surface area contributed by atoms with Crippen molar-refractivity contribution in [3.05, 3.63) is 46.6 Å². The van der Waals surface area contributed by atoms with E-state index >= 15 is 0 Å². The van der Waals surface area contributed by atoms with Crippen LogP contribution in [0.1, 0.15) is 12.2 Å². The van der Waals surface area contributed by atoms with Crippen LogP contribution in [0.3, 0.4) is 0 Å². The zero-order valence-electron chi connectivity index (χ0n) is 23.9. The lowest BCUT2D eigenvalue weighted by Crippen LogP contribution is -2.28. The van der Waals surface area contributed by atoms with Crippen LogP contribution in [0.15, 0.2) is 35.3 Å². The summed E-state index contributed by atoms with van der Waals surface area (Å²) in [5.74, 6) is 0. The first-order chi connectivity index (χ1) is 18.2. The van der Waals surface area contributed by atoms with E-state index in [1.165, 1.54) is 6.20 Å². The Kier molecular flexibility index (Phi) is 8.59. The number of halogens is 2. The van der Waals surface area contributed by atoms with Gasteiger partial charge in [0.05, 0.1) is 17.2 Å². The van der Waals surface area contributed by atoms with E-state index in [2.05, 4.69) is 44.4 Å². The molecule has 3 heterocycles. The highest BCUT2D eigenvalue weighted by molar-refractivity contribution is 6.76. The maximum absolute atomic E-state index is 13.5. The van der Waals surface area contributed by atoms with Crippen molar-refractivity contribution < 1.29 is 18.3 Å². The van der Waals surface area contributed by atoms with Crippen molar-refractivity contribution in [2.45, 2.75) is 78.3 Å². The largest absolute Gasteiger partial charge is 0.361 e. The number of hydrogen-bond donors (Lipinski definition) is 0. The third-order valence-corrected chi connectivity index (χ3v) is 10.2. The molecule has 1 aromatic carbocycles. The highest BCUT2D eigenvalue weighted by Crippen LogP contribution is 2.29. The van der Waals surface area contributed by atoms with Crippen LogP contribution < -0.4 is 5.69 Å². The molecule has 0 atom stereocenters. The maximum atomic E-state index is 13.5. The number of pyridine rings is 1. The number of rotatable bonds is 12. The molecule has 39 heavy (non-hydrogen) atoms. The fourth-order valence-electron chi connectivity index (χ4n) is 4.27. The quantitative estimate of drug-likeness (QED) is 0.142. The number of imidazole rings is 1. The minimum Gasteiger partial charge on any atom is -0.361 e. The molecule has 12 heteroatoms. The second-order valence-corrected chi connectivity index (χ2v) is 23.7. The summed E-state index contributed by atoms with van der Waals surface area (Å²) in [6.07, 6.45) is 1.45. The predicted molar refractivity (Wildman–Crippen MR) is 157 cm³/mol. The van der Waals surface area contributed by atoms with Crippen LogP contribution in [0, 0.1) is 6.92 Å². The van der Waals surface area contributed by atoms with Crippen LogP contribution >= 0.6 is 0 Å². The summed E-state index contributed by atoms with van der Waals surface area (Å²) < 4.78 is 42.3. The van der Waals surface area contributed by atoms with Gasteiger partial charge in [0.2, 0.25) is 0 Å². The van der Waals surface area contributed by atoms with Gasteiger partial charge >= 0.3 is 12.2 Å². The first-order valence-corrected chi connectivity index (χ1v) is 20.7. The number of fused-ring (bicyclic) bond motifs is 2. The molecule has 212 valence electrons. The summed E-state index contributed by atoms with van der Waals surface area (Å²) in [5, 5.41) is 4.63. The zero-order chi connectivity index (χ0) is 28.5. The Morgan fingerprint density at radius 3 is 2.10 bits per heavy atom. The fraction of sp³-hybridized carbons (Fsp3) is 0.519. The maximum Gasteiger partial charge on any atom is 0.334 e. The molecule has 0 amide bonds. The van der Waals surface area contributed by atoms with Gasteiger partial charge in [0.1, 0.15) is 13.5 Å². The van der Waals surface area contributed by atoms with Crippen LogP contribution in [-0.2, 0) is 22.9 Å². The summed E-state index contributed by atoms with van der Waals surface area (Å²) in [7, 11) is -2.55. The van der Waals surface area contributed by atoms with Crippen LogP contribution in [0.25, 0.3) is 33.2 Å². The number of nitrogens with zero attached hydrogens (tertiary/aromatic N) is 5. The van der Waals surface area contributed by atoms with Crippen LogP contribution in [0.2, 0.25) is 51.4 Å². The van der Waals surface area contributed by atoms with Crippen molar-refractivity contribution in [3.8, 4) is 11.1 Å². The molecule has 0 radical (unpaired) electrons. The fourth-order valence-corrected chi connectivity index (χ4v) is 5.79. The third-order valence-electron chi connectivity index (χ3n) is 6.76. The van der Waals surface area contributed by atoms with Crippen molar-refractivity contribution in [1.29, 1.82) is 0 Å². The van der Waals surface area contributed by atoms with Crippen LogP contribution in [0.5, 0.6) is 0 Å². The minimum atomic E-state index is -2.70. The molecule has 0 unspecified atom stereocenters. The van der Waals surface area contributed by atoms with Gasteiger partial charge in [-0.3, -0.25) is 9.13 Å². The van der Waals surface area contributed by atoms with Gasteiger partial charge in [-0.1, -0.05) is 45.3 Å². The summed E-state index contributed by atoms with van der Waals surface area (Å²) in [4.78, 5) is 18.3. The molecule has 0 aliphatic heterocycles.